The van der Waals surface area contributed by atoms with Gasteiger partial charge in [-0.3, -0.25) is 4.98 Å². The van der Waals surface area contributed by atoms with Gasteiger partial charge in [0, 0.05) is 37.3 Å². The molecule has 0 N–H and O–H groups in total. The number of aromatic nitrogens is 3. The summed E-state index contributed by atoms with van der Waals surface area (Å²) in [7, 11) is 2.17. The molecule has 3 atom stereocenters. The number of anilines is 1. The van der Waals surface area contributed by atoms with Crippen molar-refractivity contribution in [1.82, 2.24) is 19.9 Å². The molecule has 40 heavy (non-hydrogen) atoms. The first-order valence-corrected chi connectivity index (χ1v) is 14.8. The van der Waals surface area contributed by atoms with Crippen molar-refractivity contribution < 1.29 is 4.74 Å². The van der Waals surface area contributed by atoms with E-state index in [9.17, 15) is 5.26 Å². The molecule has 1 aliphatic carbocycles. The van der Waals surface area contributed by atoms with E-state index >= 15 is 0 Å². The lowest BCUT2D eigenvalue weighted by atomic mass is 9.94. The molecule has 1 saturated carbocycles. The van der Waals surface area contributed by atoms with Gasteiger partial charge in [0.15, 0.2) is 0 Å². The lowest BCUT2D eigenvalue weighted by molar-refractivity contribution is 0.188. The van der Waals surface area contributed by atoms with Crippen molar-refractivity contribution in [1.29, 1.82) is 5.26 Å². The maximum absolute atomic E-state index is 9.23. The van der Waals surface area contributed by atoms with Gasteiger partial charge in [-0.25, -0.2) is 0 Å². The third kappa shape index (κ3) is 4.75. The lowest BCUT2D eigenvalue weighted by Gasteiger charge is -2.33. The quantitative estimate of drug-likeness (QED) is 0.288. The van der Waals surface area contributed by atoms with Crippen LogP contribution < -0.4 is 9.64 Å². The highest BCUT2D eigenvalue weighted by Crippen LogP contribution is 2.40. The number of benzene rings is 2. The molecule has 4 aromatic rings. The Bertz CT molecular complexity index is 1580. The first-order valence-electron chi connectivity index (χ1n) is 14.8. The van der Waals surface area contributed by atoms with Gasteiger partial charge >= 0.3 is 6.01 Å². The Morgan fingerprint density at radius 1 is 1.05 bits per heavy atom. The molecular formula is C33H36N6O. The Kier molecular flexibility index (Phi) is 6.73. The number of hydrogen-bond acceptors (Lipinski definition) is 7. The van der Waals surface area contributed by atoms with Crippen LogP contribution in [0, 0.1) is 23.2 Å². The summed E-state index contributed by atoms with van der Waals surface area (Å²) >= 11 is 0. The molecule has 7 heteroatoms. The second kappa shape index (κ2) is 10.7. The van der Waals surface area contributed by atoms with Crippen molar-refractivity contribution >= 4 is 27.5 Å². The van der Waals surface area contributed by atoms with Gasteiger partial charge in [0.2, 0.25) is 0 Å². The number of likely N-dealkylation sites (N-methyl/N-ethyl adjacent to an activating group) is 1. The number of likely N-dealkylation sites (tertiary alicyclic amines) is 1. The van der Waals surface area contributed by atoms with E-state index in [-0.39, 0.29) is 0 Å². The van der Waals surface area contributed by atoms with Crippen molar-refractivity contribution in [3.8, 4) is 23.3 Å². The summed E-state index contributed by atoms with van der Waals surface area (Å²) in [6.45, 7) is 3.81. The number of rotatable bonds is 7. The van der Waals surface area contributed by atoms with E-state index < -0.39 is 0 Å². The van der Waals surface area contributed by atoms with Crippen LogP contribution >= 0.6 is 0 Å². The van der Waals surface area contributed by atoms with Crippen molar-refractivity contribution in [2.75, 3.05) is 38.2 Å². The highest BCUT2D eigenvalue weighted by Gasteiger charge is 2.34. The SMILES string of the molecule is CN1CCC[C@H]1COc1nc(N2CC3CCC(C3)C2)c2cnc(-c3cccc4cccc(CCC#N)c34)cc2n1. The number of pyridine rings is 1. The van der Waals surface area contributed by atoms with Crippen molar-refractivity contribution in [2.24, 2.45) is 11.8 Å². The topological polar surface area (TPSA) is 78.2 Å². The van der Waals surface area contributed by atoms with Crippen LogP contribution in [0.1, 0.15) is 44.1 Å². The summed E-state index contributed by atoms with van der Waals surface area (Å²) in [4.78, 5) is 19.8. The Morgan fingerprint density at radius 2 is 1.88 bits per heavy atom. The molecule has 2 aromatic heterocycles. The monoisotopic (exact) mass is 532 g/mol. The van der Waals surface area contributed by atoms with E-state index in [2.05, 4.69) is 65.4 Å². The third-order valence-corrected chi connectivity index (χ3v) is 9.30. The van der Waals surface area contributed by atoms with Crippen LogP contribution in [0.4, 0.5) is 5.82 Å². The van der Waals surface area contributed by atoms with Gasteiger partial charge in [-0.15, -0.1) is 0 Å². The van der Waals surface area contributed by atoms with E-state index in [0.29, 0.717) is 25.1 Å². The molecule has 2 aromatic carbocycles. The zero-order valence-corrected chi connectivity index (χ0v) is 23.2. The van der Waals surface area contributed by atoms with Crippen LogP contribution in [-0.2, 0) is 6.42 Å². The third-order valence-electron chi connectivity index (χ3n) is 9.30. The molecule has 2 bridgehead atoms. The minimum atomic E-state index is 0.407. The minimum Gasteiger partial charge on any atom is -0.462 e. The Morgan fingerprint density at radius 3 is 2.65 bits per heavy atom. The highest BCUT2D eigenvalue weighted by atomic mass is 16.5. The Labute approximate surface area is 235 Å². The molecule has 204 valence electrons. The number of aryl methyl sites for hydroxylation is 1. The van der Waals surface area contributed by atoms with Gasteiger partial charge in [-0.05, 0) is 86.4 Å². The molecule has 0 amide bonds. The highest BCUT2D eigenvalue weighted by molar-refractivity contribution is 6.00. The predicted molar refractivity (Wildman–Crippen MR) is 158 cm³/mol. The molecule has 2 aliphatic heterocycles. The van der Waals surface area contributed by atoms with E-state index in [0.717, 1.165) is 83.1 Å². The predicted octanol–water partition coefficient (Wildman–Crippen LogP) is 6.01. The van der Waals surface area contributed by atoms with Crippen molar-refractivity contribution in [3.05, 3.63) is 54.2 Å². The van der Waals surface area contributed by atoms with Crippen molar-refractivity contribution in [3.63, 3.8) is 0 Å². The van der Waals surface area contributed by atoms with E-state index in [1.807, 2.05) is 6.20 Å². The van der Waals surface area contributed by atoms with E-state index in [4.69, 9.17) is 19.7 Å². The van der Waals surface area contributed by atoms with Crippen LogP contribution in [-0.4, -0.2) is 59.2 Å². The summed E-state index contributed by atoms with van der Waals surface area (Å²) in [5.74, 6) is 2.45. The number of piperidine rings is 1. The van der Waals surface area contributed by atoms with Gasteiger partial charge in [-0.1, -0.05) is 36.4 Å². The molecule has 4 heterocycles. The molecule has 7 nitrogen and oxygen atoms in total. The van der Waals surface area contributed by atoms with Gasteiger partial charge in [-0.2, -0.15) is 15.2 Å². The zero-order chi connectivity index (χ0) is 27.1. The number of nitriles is 1. The average molecular weight is 533 g/mol. The molecule has 2 unspecified atom stereocenters. The van der Waals surface area contributed by atoms with Crippen LogP contribution in [0.3, 0.4) is 0 Å². The van der Waals surface area contributed by atoms with Crippen molar-refractivity contribution in [2.45, 2.75) is 51.0 Å². The van der Waals surface area contributed by atoms with Crippen LogP contribution in [0.15, 0.2) is 48.7 Å². The molecule has 0 spiro atoms. The van der Waals surface area contributed by atoms with Gasteiger partial charge in [0.05, 0.1) is 22.7 Å². The van der Waals surface area contributed by atoms with Crippen LogP contribution in [0.2, 0.25) is 0 Å². The summed E-state index contributed by atoms with van der Waals surface area (Å²) in [5, 5.41) is 12.5. The summed E-state index contributed by atoms with van der Waals surface area (Å²) in [5.41, 5.74) is 3.99. The fraction of sp³-hybridized carbons (Fsp3) is 0.455. The standard InChI is InChI=1S/C33H36N6O/c1-38-15-5-10-26(38)21-40-33-36-30-17-29(27-11-3-8-24-6-2-7-25(31(24)27)9-4-14-34)35-18-28(30)32(37-33)39-19-22-12-13-23(16-22)20-39/h2-3,6-8,11,17-18,22-23,26H,4-5,9-10,12-13,15-16,19-21H2,1H3/t22?,23?,26-/m0/s1. The second-order valence-electron chi connectivity index (χ2n) is 11.9. The number of fused-ring (bicyclic) bond motifs is 4. The average Bonchev–Trinajstić information content (AvgIpc) is 3.56. The lowest BCUT2D eigenvalue weighted by Crippen LogP contribution is -2.37. The second-order valence-corrected chi connectivity index (χ2v) is 11.9. The largest absolute Gasteiger partial charge is 0.462 e. The van der Waals surface area contributed by atoms with Gasteiger partial charge < -0.3 is 14.5 Å². The number of hydrogen-bond donors (Lipinski definition) is 0. The maximum Gasteiger partial charge on any atom is 0.319 e. The van der Waals surface area contributed by atoms with E-state index in [1.54, 1.807) is 0 Å². The normalized spacial score (nSPS) is 22.7. The van der Waals surface area contributed by atoms with E-state index in [1.165, 1.54) is 31.2 Å². The molecular weight excluding hydrogens is 496 g/mol. The number of ether oxygens (including phenoxy) is 1. The number of nitrogens with zero attached hydrogens (tertiary/aromatic N) is 6. The molecule has 2 saturated heterocycles. The summed E-state index contributed by atoms with van der Waals surface area (Å²) < 4.78 is 6.31. The first kappa shape index (κ1) is 25.2. The zero-order valence-electron chi connectivity index (χ0n) is 23.2. The first-order chi connectivity index (χ1) is 19.7. The fourth-order valence-corrected chi connectivity index (χ4v) is 7.21. The molecule has 3 aliphatic rings. The summed E-state index contributed by atoms with van der Waals surface area (Å²) in [6, 6.07) is 17.9. The maximum atomic E-state index is 9.23. The Hall–Kier alpha value is -3.76. The Balaban J connectivity index is 1.31. The molecule has 0 radical (unpaired) electrons. The smallest absolute Gasteiger partial charge is 0.319 e. The molecule has 7 rings (SSSR count). The summed E-state index contributed by atoms with van der Waals surface area (Å²) in [6.07, 6.45) is 9.51. The minimum absolute atomic E-state index is 0.407. The van der Waals surface area contributed by atoms with Gasteiger partial charge in [0.25, 0.3) is 0 Å². The molecule has 3 fully saturated rings. The van der Waals surface area contributed by atoms with Gasteiger partial charge in [0.1, 0.15) is 12.4 Å². The van der Waals surface area contributed by atoms with Crippen LogP contribution in [0.5, 0.6) is 6.01 Å². The fourth-order valence-electron chi connectivity index (χ4n) is 7.21. The van der Waals surface area contributed by atoms with Crippen LogP contribution in [0.25, 0.3) is 32.9 Å².